The molecule has 1 amide bonds. The van der Waals surface area contributed by atoms with Gasteiger partial charge in [0.25, 0.3) is 0 Å². The molecule has 5 heteroatoms. The van der Waals surface area contributed by atoms with Crippen LogP contribution >= 0.6 is 0 Å². The number of ether oxygens (including phenoxy) is 1. The van der Waals surface area contributed by atoms with Gasteiger partial charge < -0.3 is 14.2 Å². The number of hydrogen-bond donors (Lipinski definition) is 0. The van der Waals surface area contributed by atoms with Crippen LogP contribution in [0.5, 0.6) is 0 Å². The van der Waals surface area contributed by atoms with Crippen molar-refractivity contribution in [2.45, 2.75) is 45.4 Å². The molecule has 2 unspecified atom stereocenters. The standard InChI is InChI=1S/C20H25N3O2/c1-15-17(9-12-25-15)20(24)22-11-8-19-18(13-22)21-14-23(19)10-7-16-5-3-2-4-6-16/h2-6,14-15,17H,7-13H2,1H3. The van der Waals surface area contributed by atoms with Crippen LogP contribution in [-0.2, 0) is 35.5 Å². The summed E-state index contributed by atoms with van der Waals surface area (Å²) in [5.74, 6) is 0.246. The van der Waals surface area contributed by atoms with Gasteiger partial charge in [-0.2, -0.15) is 0 Å². The fraction of sp³-hybridized carbons (Fsp3) is 0.500. The zero-order valence-corrected chi connectivity index (χ0v) is 14.7. The van der Waals surface area contributed by atoms with Crippen molar-refractivity contribution in [1.82, 2.24) is 14.5 Å². The number of nitrogens with zero attached hydrogens (tertiary/aromatic N) is 3. The lowest BCUT2D eigenvalue weighted by Gasteiger charge is -2.30. The summed E-state index contributed by atoms with van der Waals surface area (Å²) in [6, 6.07) is 10.5. The second-order valence-corrected chi connectivity index (χ2v) is 7.05. The molecular formula is C20H25N3O2. The number of aryl methyl sites for hydroxylation is 2. The van der Waals surface area contributed by atoms with E-state index in [9.17, 15) is 4.79 Å². The van der Waals surface area contributed by atoms with Crippen LogP contribution < -0.4 is 0 Å². The van der Waals surface area contributed by atoms with Crippen LogP contribution in [0, 0.1) is 5.92 Å². The highest BCUT2D eigenvalue weighted by atomic mass is 16.5. The van der Waals surface area contributed by atoms with E-state index in [1.54, 1.807) is 0 Å². The van der Waals surface area contributed by atoms with Crippen molar-refractivity contribution in [2.75, 3.05) is 13.2 Å². The number of imidazole rings is 1. The van der Waals surface area contributed by atoms with Crippen molar-refractivity contribution >= 4 is 5.91 Å². The summed E-state index contributed by atoms with van der Waals surface area (Å²) in [5.41, 5.74) is 3.68. The minimum atomic E-state index is 0.0155. The monoisotopic (exact) mass is 339 g/mol. The average molecular weight is 339 g/mol. The molecule has 2 aromatic rings. The van der Waals surface area contributed by atoms with E-state index in [0.29, 0.717) is 13.2 Å². The van der Waals surface area contributed by atoms with Gasteiger partial charge in [0.2, 0.25) is 5.91 Å². The largest absolute Gasteiger partial charge is 0.378 e. The van der Waals surface area contributed by atoms with E-state index in [2.05, 4.69) is 33.8 Å². The summed E-state index contributed by atoms with van der Waals surface area (Å²) in [6.45, 7) is 5.06. The van der Waals surface area contributed by atoms with E-state index in [4.69, 9.17) is 4.74 Å². The van der Waals surface area contributed by atoms with Crippen LogP contribution in [0.15, 0.2) is 36.7 Å². The van der Waals surface area contributed by atoms with Gasteiger partial charge in [-0.3, -0.25) is 4.79 Å². The highest BCUT2D eigenvalue weighted by molar-refractivity contribution is 5.79. The van der Waals surface area contributed by atoms with E-state index >= 15 is 0 Å². The third-order valence-corrected chi connectivity index (χ3v) is 5.48. The Balaban J connectivity index is 1.41. The molecule has 0 spiro atoms. The Morgan fingerprint density at radius 2 is 2.16 bits per heavy atom. The van der Waals surface area contributed by atoms with Crippen molar-refractivity contribution in [3.8, 4) is 0 Å². The minimum absolute atomic E-state index is 0.0155. The van der Waals surface area contributed by atoms with Crippen molar-refractivity contribution in [1.29, 1.82) is 0 Å². The summed E-state index contributed by atoms with van der Waals surface area (Å²) in [7, 11) is 0. The van der Waals surface area contributed by atoms with Gasteiger partial charge in [-0.1, -0.05) is 30.3 Å². The number of benzene rings is 1. The second-order valence-electron chi connectivity index (χ2n) is 7.05. The molecule has 0 radical (unpaired) electrons. The van der Waals surface area contributed by atoms with E-state index in [0.717, 1.165) is 38.0 Å². The third kappa shape index (κ3) is 3.33. The number of aromatic nitrogens is 2. The molecule has 2 aliphatic heterocycles. The first-order valence-corrected chi connectivity index (χ1v) is 9.19. The van der Waals surface area contributed by atoms with Crippen molar-refractivity contribution in [3.63, 3.8) is 0 Å². The number of rotatable bonds is 4. The molecule has 3 heterocycles. The Bertz CT molecular complexity index is 741. The van der Waals surface area contributed by atoms with Crippen LogP contribution in [0.1, 0.15) is 30.3 Å². The van der Waals surface area contributed by atoms with Gasteiger partial charge in [0.15, 0.2) is 0 Å². The SMILES string of the molecule is CC1OCCC1C(=O)N1CCc2c(ncn2CCc2ccccc2)C1. The first-order chi connectivity index (χ1) is 12.2. The van der Waals surface area contributed by atoms with Crippen LogP contribution in [0.4, 0.5) is 0 Å². The predicted octanol–water partition coefficient (Wildman–Crippen LogP) is 2.44. The number of amides is 1. The smallest absolute Gasteiger partial charge is 0.228 e. The zero-order chi connectivity index (χ0) is 17.2. The molecule has 132 valence electrons. The van der Waals surface area contributed by atoms with E-state index in [1.807, 2.05) is 24.2 Å². The molecule has 0 N–H and O–H groups in total. The number of carbonyl (C=O) groups is 1. The topological polar surface area (TPSA) is 47.4 Å². The Kier molecular flexibility index (Phi) is 4.57. The molecular weight excluding hydrogens is 314 g/mol. The van der Waals surface area contributed by atoms with Gasteiger partial charge in [-0.15, -0.1) is 0 Å². The van der Waals surface area contributed by atoms with Crippen LogP contribution in [0.2, 0.25) is 0 Å². The highest BCUT2D eigenvalue weighted by Crippen LogP contribution is 2.26. The summed E-state index contributed by atoms with van der Waals surface area (Å²) >= 11 is 0. The summed E-state index contributed by atoms with van der Waals surface area (Å²) < 4.78 is 7.81. The first kappa shape index (κ1) is 16.3. The lowest BCUT2D eigenvalue weighted by molar-refractivity contribution is -0.138. The maximum Gasteiger partial charge on any atom is 0.228 e. The van der Waals surface area contributed by atoms with Crippen molar-refractivity contribution in [2.24, 2.45) is 5.92 Å². The number of carbonyl (C=O) groups excluding carboxylic acids is 1. The summed E-state index contributed by atoms with van der Waals surface area (Å²) in [4.78, 5) is 19.3. The molecule has 2 aliphatic rings. The fourth-order valence-electron chi connectivity index (χ4n) is 3.94. The lowest BCUT2D eigenvalue weighted by atomic mass is 9.99. The minimum Gasteiger partial charge on any atom is -0.378 e. The van der Waals surface area contributed by atoms with Gasteiger partial charge >= 0.3 is 0 Å². The van der Waals surface area contributed by atoms with Crippen molar-refractivity contribution < 1.29 is 9.53 Å². The molecule has 0 bridgehead atoms. The second kappa shape index (κ2) is 7.00. The molecule has 5 nitrogen and oxygen atoms in total. The quantitative estimate of drug-likeness (QED) is 0.859. The lowest BCUT2D eigenvalue weighted by Crippen LogP contribution is -2.42. The average Bonchev–Trinajstić information content (AvgIpc) is 3.25. The van der Waals surface area contributed by atoms with Crippen LogP contribution in [0.25, 0.3) is 0 Å². The van der Waals surface area contributed by atoms with Gasteiger partial charge in [0.05, 0.1) is 30.6 Å². The first-order valence-electron chi connectivity index (χ1n) is 9.19. The zero-order valence-electron chi connectivity index (χ0n) is 14.7. The molecule has 2 atom stereocenters. The van der Waals surface area contributed by atoms with Gasteiger partial charge in [0.1, 0.15) is 0 Å². The number of hydrogen-bond acceptors (Lipinski definition) is 3. The maximum absolute atomic E-state index is 12.7. The normalized spacial score (nSPS) is 22.8. The fourth-order valence-corrected chi connectivity index (χ4v) is 3.94. The molecule has 0 aliphatic carbocycles. The molecule has 1 saturated heterocycles. The summed E-state index contributed by atoms with van der Waals surface area (Å²) in [6.07, 6.45) is 4.70. The molecule has 1 aromatic carbocycles. The molecule has 4 rings (SSSR count). The van der Waals surface area contributed by atoms with E-state index in [-0.39, 0.29) is 17.9 Å². The van der Waals surface area contributed by atoms with Crippen LogP contribution in [0.3, 0.4) is 0 Å². The molecule has 25 heavy (non-hydrogen) atoms. The van der Waals surface area contributed by atoms with E-state index < -0.39 is 0 Å². The Morgan fingerprint density at radius 1 is 1.32 bits per heavy atom. The van der Waals surface area contributed by atoms with Gasteiger partial charge in [-0.05, 0) is 25.3 Å². The van der Waals surface area contributed by atoms with Crippen molar-refractivity contribution in [3.05, 3.63) is 53.6 Å². The molecule has 1 fully saturated rings. The third-order valence-electron chi connectivity index (χ3n) is 5.48. The summed E-state index contributed by atoms with van der Waals surface area (Å²) in [5, 5.41) is 0. The number of fused-ring (bicyclic) bond motifs is 1. The van der Waals surface area contributed by atoms with Gasteiger partial charge in [0, 0.05) is 31.8 Å². The molecule has 1 aromatic heterocycles. The highest BCUT2D eigenvalue weighted by Gasteiger charge is 2.35. The Morgan fingerprint density at radius 3 is 2.92 bits per heavy atom. The maximum atomic E-state index is 12.7. The van der Waals surface area contributed by atoms with Gasteiger partial charge in [-0.25, -0.2) is 4.98 Å². The van der Waals surface area contributed by atoms with Crippen LogP contribution in [-0.4, -0.2) is 39.6 Å². The molecule has 0 saturated carbocycles. The Hall–Kier alpha value is -2.14. The predicted molar refractivity (Wildman–Crippen MR) is 95.0 cm³/mol. The Labute approximate surface area is 148 Å². The van der Waals surface area contributed by atoms with E-state index in [1.165, 1.54) is 11.3 Å².